The lowest BCUT2D eigenvalue weighted by Crippen LogP contribution is -2.39. The van der Waals surface area contributed by atoms with E-state index in [2.05, 4.69) is 30.9 Å². The fourth-order valence-corrected chi connectivity index (χ4v) is 7.51. The number of aliphatic hydroxyl groups is 2. The second-order valence-corrected chi connectivity index (χ2v) is 11.2. The molecule has 0 aromatic rings. The third-order valence-corrected chi connectivity index (χ3v) is 9.01. The topological polar surface area (TPSA) is 43.7 Å². The maximum atomic E-state index is 13.1. The molecule has 4 rings (SSSR count). The van der Waals surface area contributed by atoms with Gasteiger partial charge in [-0.2, -0.15) is 0 Å². The molecule has 1 saturated heterocycles. The number of rotatable bonds is 5. The van der Waals surface area contributed by atoms with E-state index in [0.717, 1.165) is 25.1 Å². The first-order chi connectivity index (χ1) is 14.8. The van der Waals surface area contributed by atoms with Crippen molar-refractivity contribution in [3.05, 3.63) is 23.3 Å². The van der Waals surface area contributed by atoms with Crippen LogP contribution in [0.15, 0.2) is 23.3 Å². The largest absolute Gasteiger partial charge is 0.393 e. The minimum atomic E-state index is -2.18. The molecule has 0 amide bonds. The van der Waals surface area contributed by atoms with Crippen LogP contribution in [0.3, 0.4) is 0 Å². The Bertz CT molecular complexity index is 681. The normalized spacial score (nSPS) is 43.1. The summed E-state index contributed by atoms with van der Waals surface area (Å²) in [5.74, 6) is 1.36. The first-order valence-corrected chi connectivity index (χ1v) is 12.5. The zero-order chi connectivity index (χ0) is 22.2. The van der Waals surface area contributed by atoms with Gasteiger partial charge in [0.2, 0.25) is 6.43 Å². The summed E-state index contributed by atoms with van der Waals surface area (Å²) in [6.45, 7) is 7.16. The highest BCUT2D eigenvalue weighted by Gasteiger charge is 2.51. The maximum absolute atomic E-state index is 13.1. The van der Waals surface area contributed by atoms with Gasteiger partial charge in [-0.3, -0.25) is 0 Å². The fourth-order valence-electron chi connectivity index (χ4n) is 7.51. The number of alkyl halides is 2. The monoisotopic (exact) mass is 437 g/mol. The van der Waals surface area contributed by atoms with Crippen molar-refractivity contribution in [2.24, 2.45) is 29.1 Å². The van der Waals surface area contributed by atoms with Gasteiger partial charge in [-0.1, -0.05) is 37.1 Å². The number of halogens is 2. The number of hydrogen-bond donors (Lipinski definition) is 2. The van der Waals surface area contributed by atoms with Gasteiger partial charge in [-0.15, -0.1) is 0 Å². The molecular formula is C26H41F2NO2. The average molecular weight is 438 g/mol. The first kappa shape index (κ1) is 23.4. The molecule has 1 unspecified atom stereocenters. The van der Waals surface area contributed by atoms with Crippen LogP contribution in [0.25, 0.3) is 0 Å². The van der Waals surface area contributed by atoms with Gasteiger partial charge in [0.15, 0.2) is 0 Å². The SMILES string of the molecule is CC(CN1CC[C@H](C(F)F)C1)[C@H]1CC[C@H]2/C(=C/C=C3/C[C@@H](O)C[C@@H](O)C3)CCC[C@]12C. The summed E-state index contributed by atoms with van der Waals surface area (Å²) in [6.07, 6.45) is 10.0. The van der Waals surface area contributed by atoms with Crippen molar-refractivity contribution in [2.75, 3.05) is 19.6 Å². The van der Waals surface area contributed by atoms with Crippen LogP contribution in [0.5, 0.6) is 0 Å². The molecule has 7 atom stereocenters. The van der Waals surface area contributed by atoms with Crippen LogP contribution in [0, 0.1) is 29.1 Å². The Hall–Kier alpha value is -0.780. The number of aliphatic hydroxyl groups excluding tert-OH is 2. The maximum Gasteiger partial charge on any atom is 0.242 e. The highest BCUT2D eigenvalue weighted by molar-refractivity contribution is 5.26. The second kappa shape index (κ2) is 9.61. The van der Waals surface area contributed by atoms with Crippen LogP contribution >= 0.6 is 0 Å². The van der Waals surface area contributed by atoms with Gasteiger partial charge < -0.3 is 15.1 Å². The van der Waals surface area contributed by atoms with Crippen LogP contribution < -0.4 is 0 Å². The molecule has 4 aliphatic rings. The molecule has 1 aliphatic heterocycles. The predicted octanol–water partition coefficient (Wildman–Crippen LogP) is 5.18. The van der Waals surface area contributed by atoms with E-state index < -0.39 is 24.6 Å². The smallest absolute Gasteiger partial charge is 0.242 e. The third kappa shape index (κ3) is 5.09. The third-order valence-electron chi connectivity index (χ3n) is 9.01. The van der Waals surface area contributed by atoms with Gasteiger partial charge in [-0.05, 0) is 87.5 Å². The standard InChI is InChI=1S/C26H41F2NO2/c1-17(15-29-11-9-20(16-29)25(27)28)23-7-8-24-19(4-3-10-26(23,24)2)6-5-18-12-21(30)14-22(31)13-18/h5-6,17,20-25,30-31H,3-4,7-16H2,1-2H3/b18-5-,19-6+/t17?,20-,21+,22-,23+,24-,26+/m0/s1. The van der Waals surface area contributed by atoms with Gasteiger partial charge in [0.05, 0.1) is 12.2 Å². The molecule has 0 spiro atoms. The van der Waals surface area contributed by atoms with Gasteiger partial charge >= 0.3 is 0 Å². The zero-order valence-electron chi connectivity index (χ0n) is 19.3. The molecule has 2 N–H and O–H groups in total. The molecule has 3 saturated carbocycles. The number of nitrogens with zero attached hydrogens (tertiary/aromatic N) is 1. The van der Waals surface area contributed by atoms with Crippen molar-refractivity contribution in [1.29, 1.82) is 0 Å². The first-order valence-electron chi connectivity index (χ1n) is 12.5. The Morgan fingerprint density at radius 3 is 2.55 bits per heavy atom. The molecule has 3 aliphatic carbocycles. The molecule has 1 heterocycles. The van der Waals surface area contributed by atoms with Crippen LogP contribution in [-0.2, 0) is 0 Å². The number of fused-ring (bicyclic) bond motifs is 1. The molecule has 176 valence electrons. The second-order valence-electron chi connectivity index (χ2n) is 11.2. The van der Waals surface area contributed by atoms with E-state index in [9.17, 15) is 19.0 Å². The summed E-state index contributed by atoms with van der Waals surface area (Å²) >= 11 is 0. The molecule has 0 bridgehead atoms. The summed E-state index contributed by atoms with van der Waals surface area (Å²) in [5.41, 5.74) is 3.01. The Morgan fingerprint density at radius 2 is 1.87 bits per heavy atom. The van der Waals surface area contributed by atoms with Crippen LogP contribution in [0.1, 0.15) is 71.6 Å². The zero-order valence-corrected chi connectivity index (χ0v) is 19.3. The predicted molar refractivity (Wildman–Crippen MR) is 120 cm³/mol. The van der Waals surface area contributed by atoms with Crippen molar-refractivity contribution < 1.29 is 19.0 Å². The summed E-state index contributed by atoms with van der Waals surface area (Å²) in [4.78, 5) is 2.28. The van der Waals surface area contributed by atoms with Crippen molar-refractivity contribution in [3.63, 3.8) is 0 Å². The Kier molecular flexibility index (Phi) is 7.24. The van der Waals surface area contributed by atoms with E-state index in [1.165, 1.54) is 25.7 Å². The molecule has 0 aromatic carbocycles. The summed E-state index contributed by atoms with van der Waals surface area (Å²) < 4.78 is 26.1. The molecule has 0 aromatic heterocycles. The van der Waals surface area contributed by atoms with E-state index in [4.69, 9.17) is 0 Å². The Balaban J connectivity index is 1.41. The average Bonchev–Trinajstić information content (AvgIpc) is 3.29. The number of likely N-dealkylation sites (tertiary alicyclic amines) is 1. The minimum Gasteiger partial charge on any atom is -0.393 e. The minimum absolute atomic E-state index is 0.301. The van der Waals surface area contributed by atoms with E-state index in [-0.39, 0.29) is 0 Å². The van der Waals surface area contributed by atoms with E-state index >= 15 is 0 Å². The van der Waals surface area contributed by atoms with Gasteiger partial charge in [0, 0.05) is 19.0 Å². The van der Waals surface area contributed by atoms with Gasteiger partial charge in [0.1, 0.15) is 0 Å². The quantitative estimate of drug-likeness (QED) is 0.623. The highest BCUT2D eigenvalue weighted by Crippen LogP contribution is 2.59. The number of allylic oxidation sites excluding steroid dienone is 3. The highest BCUT2D eigenvalue weighted by atomic mass is 19.3. The van der Waals surface area contributed by atoms with E-state index in [0.29, 0.717) is 55.4 Å². The molecule has 5 heteroatoms. The van der Waals surface area contributed by atoms with Gasteiger partial charge in [-0.25, -0.2) is 8.78 Å². The fraction of sp³-hybridized carbons (Fsp3) is 0.846. The van der Waals surface area contributed by atoms with Crippen molar-refractivity contribution in [2.45, 2.75) is 90.3 Å². The lowest BCUT2D eigenvalue weighted by Gasteiger charge is -2.45. The Morgan fingerprint density at radius 1 is 1.13 bits per heavy atom. The summed E-state index contributed by atoms with van der Waals surface area (Å²) in [7, 11) is 0. The van der Waals surface area contributed by atoms with Crippen LogP contribution in [-0.4, -0.2) is 53.4 Å². The Labute approximate surface area is 186 Å². The molecule has 0 radical (unpaired) electrons. The summed E-state index contributed by atoms with van der Waals surface area (Å²) in [5, 5.41) is 19.9. The van der Waals surface area contributed by atoms with Crippen molar-refractivity contribution in [3.8, 4) is 0 Å². The molecule has 3 nitrogen and oxygen atoms in total. The van der Waals surface area contributed by atoms with E-state index in [1.54, 1.807) is 5.57 Å². The summed E-state index contributed by atoms with van der Waals surface area (Å²) in [6, 6.07) is 0. The molecule has 31 heavy (non-hydrogen) atoms. The lowest BCUT2D eigenvalue weighted by molar-refractivity contribution is 0.0609. The van der Waals surface area contributed by atoms with Gasteiger partial charge in [0.25, 0.3) is 0 Å². The lowest BCUT2D eigenvalue weighted by atomic mass is 9.61. The van der Waals surface area contributed by atoms with Crippen LogP contribution in [0.4, 0.5) is 8.78 Å². The van der Waals surface area contributed by atoms with Crippen molar-refractivity contribution in [1.82, 2.24) is 4.90 Å². The molecular weight excluding hydrogens is 396 g/mol. The number of hydrogen-bond acceptors (Lipinski definition) is 3. The van der Waals surface area contributed by atoms with Crippen molar-refractivity contribution >= 4 is 0 Å². The van der Waals surface area contributed by atoms with Crippen LogP contribution in [0.2, 0.25) is 0 Å². The van der Waals surface area contributed by atoms with E-state index in [1.807, 2.05) is 0 Å². The molecule has 4 fully saturated rings.